The second-order valence-electron chi connectivity index (χ2n) is 6.64. The Morgan fingerprint density at radius 1 is 1.30 bits per heavy atom. The van der Waals surface area contributed by atoms with Crippen molar-refractivity contribution in [3.8, 4) is 0 Å². The fraction of sp³-hybridized carbons (Fsp3) is 0.556. The van der Waals surface area contributed by atoms with Crippen molar-refractivity contribution in [2.45, 2.75) is 45.6 Å². The molecule has 0 amide bonds. The Morgan fingerprint density at radius 2 is 2.13 bits per heavy atom. The molecule has 1 aromatic heterocycles. The van der Waals surface area contributed by atoms with Crippen LogP contribution in [0.2, 0.25) is 0 Å². The van der Waals surface area contributed by atoms with Crippen molar-refractivity contribution < 1.29 is 9.63 Å². The molecule has 2 aromatic rings. The number of piperidine rings is 1. The molecule has 0 spiro atoms. The molecule has 1 aliphatic heterocycles. The van der Waals surface area contributed by atoms with Crippen LogP contribution < -0.4 is 0 Å². The lowest BCUT2D eigenvalue weighted by molar-refractivity contribution is 0.0910. The molecule has 2 heterocycles. The summed E-state index contributed by atoms with van der Waals surface area (Å²) in [4.78, 5) is 6.66. The van der Waals surface area contributed by atoms with Crippen LogP contribution in [0.1, 0.15) is 53.3 Å². The van der Waals surface area contributed by atoms with Gasteiger partial charge in [-0.1, -0.05) is 23.4 Å². The number of likely N-dealkylation sites (tertiary alicyclic amines) is 1. The zero-order valence-electron chi connectivity index (χ0n) is 14.1. The van der Waals surface area contributed by atoms with Crippen molar-refractivity contribution in [1.82, 2.24) is 15.0 Å². The zero-order valence-corrected chi connectivity index (χ0v) is 14.1. The number of rotatable bonds is 4. The number of aryl methyl sites for hydroxylation is 3. The minimum atomic E-state index is -0.461. The van der Waals surface area contributed by atoms with Gasteiger partial charge in [-0.2, -0.15) is 4.98 Å². The monoisotopic (exact) mass is 315 g/mol. The van der Waals surface area contributed by atoms with Gasteiger partial charge in [0, 0.05) is 13.1 Å². The lowest BCUT2D eigenvalue weighted by Gasteiger charge is -2.32. The van der Waals surface area contributed by atoms with E-state index in [1.807, 2.05) is 13.0 Å². The highest BCUT2D eigenvalue weighted by molar-refractivity contribution is 5.31. The molecule has 1 saturated heterocycles. The molecule has 0 saturated carbocycles. The maximum absolute atomic E-state index is 10.6. The number of benzene rings is 1. The van der Waals surface area contributed by atoms with Gasteiger partial charge >= 0.3 is 0 Å². The molecular formula is C18H25N3O2. The fourth-order valence-corrected chi connectivity index (χ4v) is 3.22. The minimum Gasteiger partial charge on any atom is -0.387 e. The van der Waals surface area contributed by atoms with Gasteiger partial charge in [-0.15, -0.1) is 0 Å². The Balaban J connectivity index is 1.63. The van der Waals surface area contributed by atoms with Gasteiger partial charge in [-0.05, 0) is 56.8 Å². The first kappa shape index (κ1) is 16.1. The number of aliphatic hydroxyl groups excluding tert-OH is 1. The van der Waals surface area contributed by atoms with E-state index in [-0.39, 0.29) is 5.92 Å². The first-order valence-electron chi connectivity index (χ1n) is 8.30. The van der Waals surface area contributed by atoms with E-state index in [1.165, 1.54) is 11.1 Å². The summed E-state index contributed by atoms with van der Waals surface area (Å²) in [5, 5.41) is 14.4. The SMILES string of the molecule is Cc1noc([C@@H]2CCCN(C[C@H](O)c3ccc(C)c(C)c3)C2)n1. The highest BCUT2D eigenvalue weighted by Crippen LogP contribution is 2.27. The molecule has 1 fully saturated rings. The van der Waals surface area contributed by atoms with Gasteiger partial charge < -0.3 is 9.63 Å². The Hall–Kier alpha value is -1.72. The molecule has 3 rings (SSSR count). The summed E-state index contributed by atoms with van der Waals surface area (Å²) >= 11 is 0. The predicted molar refractivity (Wildman–Crippen MR) is 88.3 cm³/mol. The number of hydrogen-bond acceptors (Lipinski definition) is 5. The van der Waals surface area contributed by atoms with Crippen LogP contribution in [-0.2, 0) is 0 Å². The van der Waals surface area contributed by atoms with Crippen LogP contribution in [0.15, 0.2) is 22.7 Å². The van der Waals surface area contributed by atoms with Crippen LogP contribution in [0, 0.1) is 20.8 Å². The molecular weight excluding hydrogens is 290 g/mol. The van der Waals surface area contributed by atoms with E-state index < -0.39 is 6.10 Å². The second-order valence-corrected chi connectivity index (χ2v) is 6.64. The van der Waals surface area contributed by atoms with Crippen LogP contribution >= 0.6 is 0 Å². The third-order valence-electron chi connectivity index (χ3n) is 4.74. The third-order valence-corrected chi connectivity index (χ3v) is 4.74. The molecule has 0 radical (unpaired) electrons. The Labute approximate surface area is 137 Å². The summed E-state index contributed by atoms with van der Waals surface area (Å²) in [6, 6.07) is 6.19. The van der Waals surface area contributed by atoms with Crippen molar-refractivity contribution in [3.63, 3.8) is 0 Å². The zero-order chi connectivity index (χ0) is 16.4. The first-order valence-corrected chi connectivity index (χ1v) is 8.30. The molecule has 0 aliphatic carbocycles. The fourth-order valence-electron chi connectivity index (χ4n) is 3.22. The third kappa shape index (κ3) is 3.79. The smallest absolute Gasteiger partial charge is 0.231 e. The molecule has 0 bridgehead atoms. The number of aromatic nitrogens is 2. The van der Waals surface area contributed by atoms with E-state index >= 15 is 0 Å². The van der Waals surface area contributed by atoms with Crippen molar-refractivity contribution in [2.75, 3.05) is 19.6 Å². The lowest BCUT2D eigenvalue weighted by atomic mass is 9.96. The molecule has 1 N–H and O–H groups in total. The van der Waals surface area contributed by atoms with Crippen LogP contribution in [0.5, 0.6) is 0 Å². The van der Waals surface area contributed by atoms with Crippen LogP contribution in [0.3, 0.4) is 0 Å². The van der Waals surface area contributed by atoms with Gasteiger partial charge in [0.1, 0.15) is 0 Å². The normalized spacial score (nSPS) is 20.6. The molecule has 124 valence electrons. The summed E-state index contributed by atoms with van der Waals surface area (Å²) < 4.78 is 5.32. The maximum Gasteiger partial charge on any atom is 0.231 e. The number of aliphatic hydroxyl groups is 1. The van der Waals surface area contributed by atoms with Crippen LogP contribution in [0.4, 0.5) is 0 Å². The van der Waals surface area contributed by atoms with Crippen LogP contribution in [-0.4, -0.2) is 39.8 Å². The Bertz CT molecular complexity index is 668. The molecule has 5 heteroatoms. The van der Waals surface area contributed by atoms with E-state index in [1.54, 1.807) is 0 Å². The summed E-state index contributed by atoms with van der Waals surface area (Å²) in [6.07, 6.45) is 1.70. The molecule has 1 aromatic carbocycles. The van der Waals surface area contributed by atoms with Crippen molar-refractivity contribution in [1.29, 1.82) is 0 Å². The Kier molecular flexibility index (Phi) is 4.78. The number of hydrogen-bond donors (Lipinski definition) is 1. The summed E-state index contributed by atoms with van der Waals surface area (Å²) in [5.74, 6) is 1.69. The lowest BCUT2D eigenvalue weighted by Crippen LogP contribution is -2.37. The van der Waals surface area contributed by atoms with Gasteiger partial charge in [-0.25, -0.2) is 0 Å². The van der Waals surface area contributed by atoms with Gasteiger partial charge in [0.2, 0.25) is 5.89 Å². The molecule has 23 heavy (non-hydrogen) atoms. The standard InChI is InChI=1S/C18H25N3O2/c1-12-6-7-15(9-13(12)2)17(22)11-21-8-4-5-16(10-21)18-19-14(3)20-23-18/h6-7,9,16-17,22H,4-5,8,10-11H2,1-3H3/t16-,17+/m1/s1. The topological polar surface area (TPSA) is 62.4 Å². The van der Waals surface area contributed by atoms with E-state index in [0.29, 0.717) is 12.4 Å². The van der Waals surface area contributed by atoms with Crippen molar-refractivity contribution in [3.05, 3.63) is 46.6 Å². The second kappa shape index (κ2) is 6.81. The van der Waals surface area contributed by atoms with Crippen molar-refractivity contribution >= 4 is 0 Å². The van der Waals surface area contributed by atoms with Gasteiger partial charge in [0.25, 0.3) is 0 Å². The maximum atomic E-state index is 10.6. The molecule has 0 unspecified atom stereocenters. The van der Waals surface area contributed by atoms with Crippen LogP contribution in [0.25, 0.3) is 0 Å². The molecule has 2 atom stereocenters. The summed E-state index contributed by atoms with van der Waals surface area (Å²) in [7, 11) is 0. The number of β-amino-alcohol motifs (C(OH)–C–C–N with tert-alkyl or cyclic N) is 1. The first-order chi connectivity index (χ1) is 11.0. The van der Waals surface area contributed by atoms with E-state index in [0.717, 1.165) is 37.4 Å². The average molecular weight is 315 g/mol. The van der Waals surface area contributed by atoms with E-state index in [2.05, 4.69) is 41.0 Å². The van der Waals surface area contributed by atoms with E-state index in [4.69, 9.17) is 4.52 Å². The highest BCUT2D eigenvalue weighted by Gasteiger charge is 2.27. The van der Waals surface area contributed by atoms with E-state index in [9.17, 15) is 5.11 Å². The summed E-state index contributed by atoms with van der Waals surface area (Å²) in [6.45, 7) is 8.53. The average Bonchev–Trinajstić information content (AvgIpc) is 2.97. The number of nitrogens with zero attached hydrogens (tertiary/aromatic N) is 3. The molecule has 5 nitrogen and oxygen atoms in total. The van der Waals surface area contributed by atoms with Gasteiger partial charge in [0.15, 0.2) is 5.82 Å². The van der Waals surface area contributed by atoms with Crippen molar-refractivity contribution in [2.24, 2.45) is 0 Å². The Morgan fingerprint density at radius 3 is 2.83 bits per heavy atom. The molecule has 1 aliphatic rings. The summed E-state index contributed by atoms with van der Waals surface area (Å²) in [5.41, 5.74) is 3.47. The largest absolute Gasteiger partial charge is 0.387 e. The van der Waals surface area contributed by atoms with Gasteiger partial charge in [0.05, 0.1) is 12.0 Å². The predicted octanol–water partition coefficient (Wildman–Crippen LogP) is 2.91. The quantitative estimate of drug-likeness (QED) is 0.940. The van der Waals surface area contributed by atoms with Gasteiger partial charge in [-0.3, -0.25) is 4.90 Å². The minimum absolute atomic E-state index is 0.275. The highest BCUT2D eigenvalue weighted by atomic mass is 16.5.